The number of likely N-dealkylation sites (N-methyl/N-ethyl adjacent to an activating group) is 1. The SMILES string of the molecule is CCCN1CCC(CN=C(NCC)N(C)CCc2cccs2)C1. The minimum Gasteiger partial charge on any atom is -0.357 e. The van der Waals surface area contributed by atoms with E-state index in [-0.39, 0.29) is 0 Å². The van der Waals surface area contributed by atoms with Gasteiger partial charge in [-0.25, -0.2) is 0 Å². The second kappa shape index (κ2) is 9.93. The first-order chi connectivity index (χ1) is 11.2. The van der Waals surface area contributed by atoms with Gasteiger partial charge in [0.1, 0.15) is 0 Å². The summed E-state index contributed by atoms with van der Waals surface area (Å²) < 4.78 is 0. The summed E-state index contributed by atoms with van der Waals surface area (Å²) in [6.07, 6.45) is 3.64. The Morgan fingerprint density at radius 2 is 2.35 bits per heavy atom. The molecule has 1 N–H and O–H groups in total. The molecule has 23 heavy (non-hydrogen) atoms. The Bertz CT molecular complexity index is 458. The predicted molar refractivity (Wildman–Crippen MR) is 101 cm³/mol. The van der Waals surface area contributed by atoms with Crippen molar-refractivity contribution in [2.75, 3.05) is 46.3 Å². The predicted octanol–water partition coefficient (Wildman–Crippen LogP) is 2.92. The summed E-state index contributed by atoms with van der Waals surface area (Å²) in [7, 11) is 2.15. The molecule has 5 heteroatoms. The number of likely N-dealkylation sites (tertiary alicyclic amines) is 1. The van der Waals surface area contributed by atoms with Gasteiger partial charge in [0.2, 0.25) is 0 Å². The van der Waals surface area contributed by atoms with E-state index < -0.39 is 0 Å². The third kappa shape index (κ3) is 6.15. The van der Waals surface area contributed by atoms with Gasteiger partial charge in [-0.1, -0.05) is 13.0 Å². The lowest BCUT2D eigenvalue weighted by Crippen LogP contribution is -2.40. The van der Waals surface area contributed by atoms with E-state index in [9.17, 15) is 0 Å². The number of thiophene rings is 1. The van der Waals surface area contributed by atoms with Gasteiger partial charge in [0, 0.05) is 38.1 Å². The lowest BCUT2D eigenvalue weighted by Gasteiger charge is -2.22. The lowest BCUT2D eigenvalue weighted by molar-refractivity contribution is 0.326. The third-order valence-corrected chi connectivity index (χ3v) is 5.32. The van der Waals surface area contributed by atoms with Crippen LogP contribution >= 0.6 is 11.3 Å². The molecule has 0 amide bonds. The molecule has 130 valence electrons. The second-order valence-electron chi connectivity index (χ2n) is 6.40. The summed E-state index contributed by atoms with van der Waals surface area (Å²) in [6, 6.07) is 4.34. The Labute approximate surface area is 145 Å². The van der Waals surface area contributed by atoms with Crippen molar-refractivity contribution in [1.82, 2.24) is 15.1 Å². The molecule has 4 nitrogen and oxygen atoms in total. The van der Waals surface area contributed by atoms with Gasteiger partial charge >= 0.3 is 0 Å². The average molecular weight is 337 g/mol. The van der Waals surface area contributed by atoms with Gasteiger partial charge in [0.05, 0.1) is 0 Å². The molecule has 1 aromatic heterocycles. The highest BCUT2D eigenvalue weighted by atomic mass is 32.1. The molecule has 0 aliphatic carbocycles. The molecule has 2 heterocycles. The molecule has 0 bridgehead atoms. The fourth-order valence-electron chi connectivity index (χ4n) is 3.11. The van der Waals surface area contributed by atoms with Gasteiger partial charge in [-0.3, -0.25) is 4.99 Å². The second-order valence-corrected chi connectivity index (χ2v) is 7.43. The highest BCUT2D eigenvalue weighted by molar-refractivity contribution is 7.09. The minimum absolute atomic E-state index is 0.723. The number of guanidine groups is 1. The molecule has 1 aliphatic rings. The topological polar surface area (TPSA) is 30.9 Å². The minimum atomic E-state index is 0.723. The van der Waals surface area contributed by atoms with Crippen LogP contribution in [0.4, 0.5) is 0 Å². The summed E-state index contributed by atoms with van der Waals surface area (Å²) in [4.78, 5) is 11.2. The van der Waals surface area contributed by atoms with Crippen LogP contribution in [-0.4, -0.2) is 62.1 Å². The molecule has 1 aromatic rings. The fraction of sp³-hybridized carbons (Fsp3) is 0.722. The number of hydrogen-bond acceptors (Lipinski definition) is 3. The first kappa shape index (κ1) is 18.3. The van der Waals surface area contributed by atoms with E-state index in [4.69, 9.17) is 4.99 Å². The summed E-state index contributed by atoms with van der Waals surface area (Å²) in [6.45, 7) is 11.0. The molecule has 0 radical (unpaired) electrons. The number of aliphatic imine (C=N–C) groups is 1. The van der Waals surface area contributed by atoms with Crippen molar-refractivity contribution in [2.45, 2.75) is 33.1 Å². The van der Waals surface area contributed by atoms with Crippen LogP contribution < -0.4 is 5.32 Å². The van der Waals surface area contributed by atoms with Crippen molar-refractivity contribution in [3.05, 3.63) is 22.4 Å². The summed E-state index contributed by atoms with van der Waals surface area (Å²) in [5, 5.41) is 5.59. The van der Waals surface area contributed by atoms with Crippen LogP contribution in [0.2, 0.25) is 0 Å². The van der Waals surface area contributed by atoms with E-state index in [0.717, 1.165) is 37.9 Å². The van der Waals surface area contributed by atoms with Crippen molar-refractivity contribution < 1.29 is 0 Å². The van der Waals surface area contributed by atoms with Crippen LogP contribution in [-0.2, 0) is 6.42 Å². The molecule has 1 aliphatic heterocycles. The smallest absolute Gasteiger partial charge is 0.193 e. The van der Waals surface area contributed by atoms with Crippen LogP contribution in [0.15, 0.2) is 22.5 Å². The lowest BCUT2D eigenvalue weighted by atomic mass is 10.1. The molecule has 1 unspecified atom stereocenters. The van der Waals surface area contributed by atoms with E-state index in [0.29, 0.717) is 0 Å². The monoisotopic (exact) mass is 336 g/mol. The van der Waals surface area contributed by atoms with E-state index >= 15 is 0 Å². The average Bonchev–Trinajstić information content (AvgIpc) is 3.21. The zero-order valence-electron chi connectivity index (χ0n) is 14.9. The largest absolute Gasteiger partial charge is 0.357 e. The Morgan fingerprint density at radius 3 is 3.04 bits per heavy atom. The van der Waals surface area contributed by atoms with Crippen LogP contribution in [0.5, 0.6) is 0 Å². The first-order valence-corrected chi connectivity index (χ1v) is 9.85. The molecule has 0 spiro atoms. The standard InChI is InChI=1S/C18H32N4S/c1-4-10-22-12-8-16(15-22)14-20-18(19-5-2)21(3)11-9-17-7-6-13-23-17/h6-7,13,16H,4-5,8-12,14-15H2,1-3H3,(H,19,20). The van der Waals surface area contributed by atoms with Gasteiger partial charge in [0.25, 0.3) is 0 Å². The molecular weight excluding hydrogens is 304 g/mol. The third-order valence-electron chi connectivity index (χ3n) is 4.38. The highest BCUT2D eigenvalue weighted by Crippen LogP contribution is 2.16. The van der Waals surface area contributed by atoms with Gasteiger partial charge in [0.15, 0.2) is 5.96 Å². The maximum absolute atomic E-state index is 4.90. The van der Waals surface area contributed by atoms with E-state index in [1.807, 2.05) is 11.3 Å². The van der Waals surface area contributed by atoms with Crippen LogP contribution in [0, 0.1) is 5.92 Å². The maximum Gasteiger partial charge on any atom is 0.193 e. The summed E-state index contributed by atoms with van der Waals surface area (Å²) in [5.74, 6) is 1.78. The van der Waals surface area contributed by atoms with Crippen molar-refractivity contribution >= 4 is 17.3 Å². The molecule has 1 fully saturated rings. The quantitative estimate of drug-likeness (QED) is 0.585. The van der Waals surface area contributed by atoms with Crippen LogP contribution in [0.1, 0.15) is 31.6 Å². The molecule has 0 aromatic carbocycles. The Morgan fingerprint density at radius 1 is 1.48 bits per heavy atom. The normalized spacial score (nSPS) is 19.3. The Kier molecular flexibility index (Phi) is 7.89. The maximum atomic E-state index is 4.90. The zero-order valence-corrected chi connectivity index (χ0v) is 15.7. The molecular formula is C18H32N4S. The Hall–Kier alpha value is -1.07. The van der Waals surface area contributed by atoms with Crippen LogP contribution in [0.25, 0.3) is 0 Å². The van der Waals surface area contributed by atoms with Crippen molar-refractivity contribution in [3.8, 4) is 0 Å². The number of nitrogens with zero attached hydrogens (tertiary/aromatic N) is 3. The molecule has 1 saturated heterocycles. The number of rotatable bonds is 8. The number of nitrogens with one attached hydrogen (secondary N) is 1. The van der Waals surface area contributed by atoms with Crippen LogP contribution in [0.3, 0.4) is 0 Å². The fourth-order valence-corrected chi connectivity index (χ4v) is 3.80. The number of hydrogen-bond donors (Lipinski definition) is 1. The van der Waals surface area contributed by atoms with E-state index in [1.54, 1.807) is 0 Å². The summed E-state index contributed by atoms with van der Waals surface area (Å²) >= 11 is 1.84. The molecule has 2 rings (SSSR count). The Balaban J connectivity index is 1.81. The van der Waals surface area contributed by atoms with E-state index in [1.165, 1.54) is 37.4 Å². The van der Waals surface area contributed by atoms with Gasteiger partial charge in [-0.05, 0) is 56.6 Å². The van der Waals surface area contributed by atoms with Gasteiger partial charge in [-0.15, -0.1) is 11.3 Å². The van der Waals surface area contributed by atoms with Crippen molar-refractivity contribution in [3.63, 3.8) is 0 Å². The van der Waals surface area contributed by atoms with Gasteiger partial charge in [-0.2, -0.15) is 0 Å². The van der Waals surface area contributed by atoms with E-state index in [2.05, 4.69) is 53.5 Å². The summed E-state index contributed by atoms with van der Waals surface area (Å²) in [5.41, 5.74) is 0. The zero-order chi connectivity index (χ0) is 16.5. The van der Waals surface area contributed by atoms with Gasteiger partial charge < -0.3 is 15.1 Å². The first-order valence-electron chi connectivity index (χ1n) is 8.97. The highest BCUT2D eigenvalue weighted by Gasteiger charge is 2.21. The van der Waals surface area contributed by atoms with Crippen molar-refractivity contribution in [2.24, 2.45) is 10.9 Å². The molecule has 0 saturated carbocycles. The molecule has 1 atom stereocenters. The van der Waals surface area contributed by atoms with Crippen molar-refractivity contribution in [1.29, 1.82) is 0 Å².